The Morgan fingerprint density at radius 2 is 1.85 bits per heavy atom. The van der Waals surface area contributed by atoms with Gasteiger partial charge in [0.25, 0.3) is 0 Å². The summed E-state index contributed by atoms with van der Waals surface area (Å²) in [5.74, 6) is -0.452. The molecule has 0 saturated carbocycles. The van der Waals surface area contributed by atoms with Gasteiger partial charge >= 0.3 is 12.0 Å². The Morgan fingerprint density at radius 1 is 1.20 bits per heavy atom. The molecule has 5 nitrogen and oxygen atoms in total. The van der Waals surface area contributed by atoms with Crippen molar-refractivity contribution in [3.8, 4) is 0 Å². The molecule has 0 radical (unpaired) electrons. The summed E-state index contributed by atoms with van der Waals surface area (Å²) in [6.07, 6.45) is 0. The van der Waals surface area contributed by atoms with E-state index in [1.54, 1.807) is 6.92 Å². The number of carbonyl (C=O) groups is 2. The number of hydrogen-bond acceptors (Lipinski definition) is 3. The van der Waals surface area contributed by atoms with E-state index in [0.29, 0.717) is 12.1 Å². The van der Waals surface area contributed by atoms with Gasteiger partial charge in [-0.15, -0.1) is 0 Å². The van der Waals surface area contributed by atoms with Gasteiger partial charge in [-0.1, -0.05) is 36.4 Å². The fraction of sp³-hybridized carbons (Fsp3) is 0.333. The Bertz CT molecular complexity index is 480. The van der Waals surface area contributed by atoms with Crippen molar-refractivity contribution in [3.63, 3.8) is 0 Å². The second kappa shape index (κ2) is 7.99. The van der Waals surface area contributed by atoms with Crippen LogP contribution in [0.25, 0.3) is 0 Å². The van der Waals surface area contributed by atoms with Gasteiger partial charge in [-0.3, -0.25) is 0 Å². The highest BCUT2D eigenvalue weighted by atomic mass is 16.5. The van der Waals surface area contributed by atoms with Crippen molar-refractivity contribution in [2.75, 3.05) is 13.2 Å². The number of amides is 2. The van der Waals surface area contributed by atoms with E-state index in [9.17, 15) is 9.59 Å². The summed E-state index contributed by atoms with van der Waals surface area (Å²) in [6, 6.07) is 7.61. The van der Waals surface area contributed by atoms with Crippen LogP contribution in [0.5, 0.6) is 0 Å². The molecule has 0 aliphatic heterocycles. The van der Waals surface area contributed by atoms with Gasteiger partial charge in [0, 0.05) is 12.1 Å². The molecule has 0 unspecified atom stereocenters. The van der Waals surface area contributed by atoms with E-state index < -0.39 is 5.97 Å². The fourth-order valence-electron chi connectivity index (χ4n) is 1.38. The van der Waals surface area contributed by atoms with Crippen LogP contribution in [-0.4, -0.2) is 25.2 Å². The van der Waals surface area contributed by atoms with Crippen LogP contribution in [0.4, 0.5) is 4.79 Å². The molecule has 108 valence electrons. The van der Waals surface area contributed by atoms with E-state index in [-0.39, 0.29) is 19.2 Å². The monoisotopic (exact) mass is 276 g/mol. The van der Waals surface area contributed by atoms with Gasteiger partial charge in [0.2, 0.25) is 0 Å². The summed E-state index contributed by atoms with van der Waals surface area (Å²) in [7, 11) is 0. The first-order valence-electron chi connectivity index (χ1n) is 6.39. The number of hydrogen-bond donors (Lipinski definition) is 2. The topological polar surface area (TPSA) is 67.4 Å². The SMILES string of the molecule is C=C(C)C(=O)OCCNC(=O)NCc1ccc(C)cc1. The molecular formula is C15H20N2O3. The molecule has 0 aliphatic rings. The molecule has 20 heavy (non-hydrogen) atoms. The number of benzene rings is 1. The van der Waals surface area contributed by atoms with Crippen LogP contribution in [0.15, 0.2) is 36.4 Å². The summed E-state index contributed by atoms with van der Waals surface area (Å²) < 4.78 is 4.85. The zero-order chi connectivity index (χ0) is 15.0. The largest absolute Gasteiger partial charge is 0.460 e. The van der Waals surface area contributed by atoms with E-state index in [0.717, 1.165) is 5.56 Å². The zero-order valence-corrected chi connectivity index (χ0v) is 11.9. The highest BCUT2D eigenvalue weighted by molar-refractivity contribution is 5.86. The van der Waals surface area contributed by atoms with Crippen molar-refractivity contribution in [1.82, 2.24) is 10.6 Å². The van der Waals surface area contributed by atoms with Crippen molar-refractivity contribution in [1.29, 1.82) is 0 Å². The molecule has 1 aromatic rings. The maximum Gasteiger partial charge on any atom is 0.333 e. The van der Waals surface area contributed by atoms with Gasteiger partial charge in [-0.25, -0.2) is 9.59 Å². The van der Waals surface area contributed by atoms with E-state index >= 15 is 0 Å². The predicted octanol–water partition coefficient (Wildman–Crippen LogP) is 1.91. The predicted molar refractivity (Wildman–Crippen MR) is 77.2 cm³/mol. The summed E-state index contributed by atoms with van der Waals surface area (Å²) >= 11 is 0. The number of urea groups is 1. The lowest BCUT2D eigenvalue weighted by molar-refractivity contribution is -0.138. The minimum atomic E-state index is -0.452. The summed E-state index contributed by atoms with van der Waals surface area (Å²) in [6.45, 7) is 7.89. The van der Waals surface area contributed by atoms with Crippen molar-refractivity contribution < 1.29 is 14.3 Å². The molecule has 0 fully saturated rings. The van der Waals surface area contributed by atoms with E-state index in [1.165, 1.54) is 5.56 Å². The van der Waals surface area contributed by atoms with Gasteiger partial charge in [0.15, 0.2) is 0 Å². The highest BCUT2D eigenvalue weighted by Crippen LogP contribution is 2.02. The van der Waals surface area contributed by atoms with Gasteiger partial charge in [0.05, 0.1) is 6.54 Å². The zero-order valence-electron chi connectivity index (χ0n) is 11.9. The normalized spacial score (nSPS) is 9.70. The molecule has 0 aromatic heterocycles. The number of aryl methyl sites for hydroxylation is 1. The minimum Gasteiger partial charge on any atom is -0.460 e. The van der Waals surface area contributed by atoms with Crippen LogP contribution in [0.2, 0.25) is 0 Å². The third-order valence-electron chi connectivity index (χ3n) is 2.54. The first-order valence-corrected chi connectivity index (χ1v) is 6.39. The Balaban J connectivity index is 2.16. The molecule has 0 atom stereocenters. The maximum absolute atomic E-state index is 11.5. The number of ether oxygens (including phenoxy) is 1. The summed E-state index contributed by atoms with van der Waals surface area (Å²) in [5.41, 5.74) is 2.55. The van der Waals surface area contributed by atoms with Crippen LogP contribution in [0.3, 0.4) is 0 Å². The minimum absolute atomic E-state index is 0.129. The maximum atomic E-state index is 11.5. The van der Waals surface area contributed by atoms with Crippen LogP contribution >= 0.6 is 0 Å². The van der Waals surface area contributed by atoms with E-state index in [4.69, 9.17) is 4.74 Å². The van der Waals surface area contributed by atoms with Gasteiger partial charge < -0.3 is 15.4 Å². The standard InChI is InChI=1S/C15H20N2O3/c1-11(2)14(18)20-9-8-16-15(19)17-10-13-6-4-12(3)5-7-13/h4-7H,1,8-10H2,2-3H3,(H2,16,17,19). The molecule has 5 heteroatoms. The molecule has 1 aromatic carbocycles. The number of esters is 1. The first-order chi connectivity index (χ1) is 9.49. The molecule has 0 saturated heterocycles. The smallest absolute Gasteiger partial charge is 0.333 e. The summed E-state index contributed by atoms with van der Waals surface area (Å²) in [5, 5.41) is 5.32. The first kappa shape index (κ1) is 15.8. The van der Waals surface area contributed by atoms with Gasteiger partial charge in [-0.05, 0) is 19.4 Å². The molecule has 1 rings (SSSR count). The number of rotatable bonds is 6. The van der Waals surface area contributed by atoms with Gasteiger partial charge in [0.1, 0.15) is 6.61 Å². The third kappa shape index (κ3) is 6.04. The molecule has 0 bridgehead atoms. The molecule has 0 heterocycles. The van der Waals surface area contributed by atoms with E-state index in [2.05, 4.69) is 17.2 Å². The number of nitrogens with one attached hydrogen (secondary N) is 2. The lowest BCUT2D eigenvalue weighted by Crippen LogP contribution is -2.37. The fourth-order valence-corrected chi connectivity index (χ4v) is 1.38. The lowest BCUT2D eigenvalue weighted by atomic mass is 10.1. The Hall–Kier alpha value is -2.30. The van der Waals surface area contributed by atoms with Crippen LogP contribution in [-0.2, 0) is 16.1 Å². The Kier molecular flexibility index (Phi) is 6.29. The van der Waals surface area contributed by atoms with Crippen molar-refractivity contribution in [2.45, 2.75) is 20.4 Å². The molecule has 2 N–H and O–H groups in total. The van der Waals surface area contributed by atoms with Crippen LogP contribution < -0.4 is 10.6 Å². The van der Waals surface area contributed by atoms with Gasteiger partial charge in [-0.2, -0.15) is 0 Å². The van der Waals surface area contributed by atoms with E-state index in [1.807, 2.05) is 31.2 Å². The van der Waals surface area contributed by atoms with Crippen molar-refractivity contribution in [3.05, 3.63) is 47.5 Å². The van der Waals surface area contributed by atoms with Crippen LogP contribution in [0.1, 0.15) is 18.1 Å². The average molecular weight is 276 g/mol. The molecule has 0 spiro atoms. The van der Waals surface area contributed by atoms with Crippen LogP contribution in [0, 0.1) is 6.92 Å². The molecule has 0 aliphatic carbocycles. The second-order valence-corrected chi connectivity index (χ2v) is 4.51. The molecular weight excluding hydrogens is 256 g/mol. The Morgan fingerprint density at radius 3 is 2.45 bits per heavy atom. The van der Waals surface area contributed by atoms with Crippen molar-refractivity contribution in [2.24, 2.45) is 0 Å². The highest BCUT2D eigenvalue weighted by Gasteiger charge is 2.03. The quantitative estimate of drug-likeness (QED) is 0.474. The van der Waals surface area contributed by atoms with Crippen molar-refractivity contribution >= 4 is 12.0 Å². The molecule has 2 amide bonds. The lowest BCUT2D eigenvalue weighted by Gasteiger charge is -2.08. The number of carbonyl (C=O) groups excluding carboxylic acids is 2. The average Bonchev–Trinajstić information content (AvgIpc) is 2.42. The summed E-state index contributed by atoms with van der Waals surface area (Å²) in [4.78, 5) is 22.6. The third-order valence-corrected chi connectivity index (χ3v) is 2.54. The Labute approximate surface area is 119 Å². The second-order valence-electron chi connectivity index (χ2n) is 4.51.